The predicted molar refractivity (Wildman–Crippen MR) is 71.3 cm³/mol. The summed E-state index contributed by atoms with van der Waals surface area (Å²) < 4.78 is 2.55. The summed E-state index contributed by atoms with van der Waals surface area (Å²) in [6.45, 7) is 3.77. The van der Waals surface area contributed by atoms with E-state index in [0.717, 1.165) is 15.9 Å². The van der Waals surface area contributed by atoms with Crippen LogP contribution in [-0.4, -0.2) is 15.0 Å². The molecule has 0 bridgehead atoms. The molecule has 4 nitrogen and oxygen atoms in total. The zero-order valence-corrected chi connectivity index (χ0v) is 11.8. The van der Waals surface area contributed by atoms with Gasteiger partial charge in [0.15, 0.2) is 0 Å². The SMILES string of the molecule is CC(C)(N)c1cn(-c2cc(Cl)ccc2Br)nn1. The minimum atomic E-state index is -0.511. The van der Waals surface area contributed by atoms with Crippen LogP contribution in [0.2, 0.25) is 5.02 Å². The molecule has 1 aromatic carbocycles. The van der Waals surface area contributed by atoms with Crippen molar-refractivity contribution < 1.29 is 0 Å². The summed E-state index contributed by atoms with van der Waals surface area (Å²) in [7, 11) is 0. The van der Waals surface area contributed by atoms with Crippen molar-refractivity contribution in [1.82, 2.24) is 15.0 Å². The third kappa shape index (κ3) is 2.68. The van der Waals surface area contributed by atoms with Gasteiger partial charge in [0.05, 0.1) is 17.4 Å². The number of hydrogen-bond acceptors (Lipinski definition) is 3. The molecule has 2 rings (SSSR count). The molecule has 0 atom stereocenters. The van der Waals surface area contributed by atoms with Crippen molar-refractivity contribution in [3.05, 3.63) is 39.6 Å². The van der Waals surface area contributed by atoms with Crippen LogP contribution < -0.4 is 5.73 Å². The zero-order valence-electron chi connectivity index (χ0n) is 9.48. The molecule has 0 unspecified atom stereocenters. The molecule has 0 fully saturated rings. The summed E-state index contributed by atoms with van der Waals surface area (Å²) in [4.78, 5) is 0. The van der Waals surface area contributed by atoms with Crippen LogP contribution in [0.5, 0.6) is 0 Å². The van der Waals surface area contributed by atoms with Crippen LogP contribution >= 0.6 is 27.5 Å². The predicted octanol–water partition coefficient (Wildman–Crippen LogP) is 2.88. The highest BCUT2D eigenvalue weighted by Gasteiger charge is 2.19. The first-order valence-electron chi connectivity index (χ1n) is 5.05. The molecule has 0 aliphatic rings. The topological polar surface area (TPSA) is 56.7 Å². The van der Waals surface area contributed by atoms with Crippen LogP contribution in [0.3, 0.4) is 0 Å². The summed E-state index contributed by atoms with van der Waals surface area (Å²) in [5.41, 5.74) is 7.01. The van der Waals surface area contributed by atoms with Gasteiger partial charge in [-0.3, -0.25) is 0 Å². The Kier molecular flexibility index (Phi) is 3.25. The number of hydrogen-bond donors (Lipinski definition) is 1. The quantitative estimate of drug-likeness (QED) is 0.927. The second kappa shape index (κ2) is 4.40. The van der Waals surface area contributed by atoms with Crippen LogP contribution in [0.15, 0.2) is 28.9 Å². The summed E-state index contributed by atoms with van der Waals surface area (Å²) in [5, 5.41) is 8.76. The largest absolute Gasteiger partial charge is 0.320 e. The Balaban J connectivity index is 2.47. The van der Waals surface area contributed by atoms with E-state index in [1.807, 2.05) is 26.0 Å². The summed E-state index contributed by atoms with van der Waals surface area (Å²) in [6.07, 6.45) is 1.80. The highest BCUT2D eigenvalue weighted by molar-refractivity contribution is 9.10. The summed E-state index contributed by atoms with van der Waals surface area (Å²) >= 11 is 9.40. The smallest absolute Gasteiger partial charge is 0.102 e. The zero-order chi connectivity index (χ0) is 12.6. The molecule has 17 heavy (non-hydrogen) atoms. The number of benzene rings is 1. The Hall–Kier alpha value is -0.910. The van der Waals surface area contributed by atoms with E-state index in [1.54, 1.807) is 16.9 Å². The lowest BCUT2D eigenvalue weighted by molar-refractivity contribution is 0.533. The Morgan fingerprint density at radius 1 is 1.41 bits per heavy atom. The van der Waals surface area contributed by atoms with Gasteiger partial charge in [0.1, 0.15) is 5.69 Å². The Morgan fingerprint density at radius 2 is 2.12 bits per heavy atom. The lowest BCUT2D eigenvalue weighted by Gasteiger charge is -2.13. The fourth-order valence-electron chi connectivity index (χ4n) is 1.34. The van der Waals surface area contributed by atoms with Crippen LogP contribution in [-0.2, 0) is 5.54 Å². The molecule has 0 aliphatic carbocycles. The molecule has 2 N–H and O–H groups in total. The number of nitrogens with zero attached hydrogens (tertiary/aromatic N) is 3. The molecule has 0 saturated carbocycles. The van der Waals surface area contributed by atoms with Crippen molar-refractivity contribution >= 4 is 27.5 Å². The van der Waals surface area contributed by atoms with Gasteiger partial charge in [-0.2, -0.15) is 0 Å². The van der Waals surface area contributed by atoms with Crippen molar-refractivity contribution in [2.45, 2.75) is 19.4 Å². The summed E-state index contributed by atoms with van der Waals surface area (Å²) in [6, 6.07) is 5.49. The normalized spacial score (nSPS) is 11.8. The number of nitrogens with two attached hydrogens (primary N) is 1. The van der Waals surface area contributed by atoms with Gasteiger partial charge in [-0.25, -0.2) is 4.68 Å². The van der Waals surface area contributed by atoms with Gasteiger partial charge in [0.2, 0.25) is 0 Å². The fourth-order valence-corrected chi connectivity index (χ4v) is 1.93. The van der Waals surface area contributed by atoms with Crippen LogP contribution in [0, 0.1) is 0 Å². The Labute approximate surface area is 113 Å². The maximum absolute atomic E-state index is 5.96. The fraction of sp³-hybridized carbons (Fsp3) is 0.273. The van der Waals surface area contributed by atoms with Gasteiger partial charge < -0.3 is 5.73 Å². The standard InChI is InChI=1S/C11H12BrClN4/c1-11(2,14)10-6-17(16-15-10)9-5-7(13)3-4-8(9)12/h3-6H,14H2,1-2H3. The second-order valence-electron chi connectivity index (χ2n) is 4.37. The van der Waals surface area contributed by atoms with Gasteiger partial charge in [-0.15, -0.1) is 5.10 Å². The molecular formula is C11H12BrClN4. The van der Waals surface area contributed by atoms with E-state index < -0.39 is 5.54 Å². The molecule has 2 aromatic rings. The van der Waals surface area contributed by atoms with Gasteiger partial charge in [0, 0.05) is 9.50 Å². The molecule has 90 valence electrons. The molecular weight excluding hydrogens is 304 g/mol. The van der Waals surface area contributed by atoms with Gasteiger partial charge in [-0.05, 0) is 48.0 Å². The van der Waals surface area contributed by atoms with Gasteiger partial charge in [0.25, 0.3) is 0 Å². The maximum Gasteiger partial charge on any atom is 0.102 e. The van der Waals surface area contributed by atoms with Crippen LogP contribution in [0.1, 0.15) is 19.5 Å². The molecule has 0 spiro atoms. The first-order chi connectivity index (χ1) is 7.88. The molecule has 0 aliphatic heterocycles. The van der Waals surface area contributed by atoms with E-state index in [9.17, 15) is 0 Å². The molecule has 0 amide bonds. The Bertz CT molecular complexity index is 545. The van der Waals surface area contributed by atoms with E-state index in [1.165, 1.54) is 0 Å². The number of rotatable bonds is 2. The highest BCUT2D eigenvalue weighted by Crippen LogP contribution is 2.25. The van der Waals surface area contributed by atoms with Crippen LogP contribution in [0.25, 0.3) is 5.69 Å². The monoisotopic (exact) mass is 314 g/mol. The van der Waals surface area contributed by atoms with E-state index in [-0.39, 0.29) is 0 Å². The molecule has 6 heteroatoms. The average molecular weight is 316 g/mol. The van der Waals surface area contributed by atoms with E-state index in [0.29, 0.717) is 5.02 Å². The van der Waals surface area contributed by atoms with Crippen molar-refractivity contribution in [3.8, 4) is 5.69 Å². The molecule has 0 radical (unpaired) electrons. The van der Waals surface area contributed by atoms with Gasteiger partial charge >= 0.3 is 0 Å². The van der Waals surface area contributed by atoms with E-state index >= 15 is 0 Å². The minimum absolute atomic E-state index is 0.511. The summed E-state index contributed by atoms with van der Waals surface area (Å²) in [5.74, 6) is 0. The maximum atomic E-state index is 5.96. The lowest BCUT2D eigenvalue weighted by Crippen LogP contribution is -2.29. The molecule has 0 saturated heterocycles. The van der Waals surface area contributed by atoms with Crippen molar-refractivity contribution in [1.29, 1.82) is 0 Å². The second-order valence-corrected chi connectivity index (χ2v) is 5.66. The Morgan fingerprint density at radius 3 is 2.71 bits per heavy atom. The minimum Gasteiger partial charge on any atom is -0.320 e. The number of aromatic nitrogens is 3. The van der Waals surface area contributed by atoms with Gasteiger partial charge in [-0.1, -0.05) is 16.8 Å². The lowest BCUT2D eigenvalue weighted by atomic mass is 10.0. The third-order valence-electron chi connectivity index (χ3n) is 2.31. The van der Waals surface area contributed by atoms with Crippen molar-refractivity contribution in [2.24, 2.45) is 5.73 Å². The number of halogens is 2. The van der Waals surface area contributed by atoms with Crippen LogP contribution in [0.4, 0.5) is 0 Å². The van der Waals surface area contributed by atoms with Crippen molar-refractivity contribution in [2.75, 3.05) is 0 Å². The van der Waals surface area contributed by atoms with Crippen molar-refractivity contribution in [3.63, 3.8) is 0 Å². The average Bonchev–Trinajstić information content (AvgIpc) is 2.70. The first kappa shape index (κ1) is 12.5. The van der Waals surface area contributed by atoms with E-state index in [2.05, 4.69) is 26.2 Å². The molecule has 1 aromatic heterocycles. The highest BCUT2D eigenvalue weighted by atomic mass is 79.9. The molecule has 1 heterocycles. The van der Waals surface area contributed by atoms with E-state index in [4.69, 9.17) is 17.3 Å². The first-order valence-corrected chi connectivity index (χ1v) is 6.22. The third-order valence-corrected chi connectivity index (χ3v) is 3.21.